The van der Waals surface area contributed by atoms with Gasteiger partial charge >= 0.3 is 0 Å². The van der Waals surface area contributed by atoms with E-state index in [-0.39, 0.29) is 0 Å². The number of ether oxygens (including phenoxy) is 3. The maximum Gasteiger partial charge on any atom is 0.134 e. The predicted molar refractivity (Wildman–Crippen MR) is 114 cm³/mol. The van der Waals surface area contributed by atoms with E-state index in [1.165, 1.54) is 0 Å². The molecule has 0 aliphatic heterocycles. The maximum absolute atomic E-state index is 5.89. The van der Waals surface area contributed by atoms with Crippen LogP contribution in [0.4, 0.5) is 0 Å². The van der Waals surface area contributed by atoms with Gasteiger partial charge in [-0.1, -0.05) is 39.2 Å². The minimum Gasteiger partial charge on any atom is -0.496 e. The zero-order valence-corrected chi connectivity index (χ0v) is 17.8. The fourth-order valence-corrected chi connectivity index (χ4v) is 3.74. The summed E-state index contributed by atoms with van der Waals surface area (Å²) >= 11 is 3.66. The summed E-state index contributed by atoms with van der Waals surface area (Å²) in [4.78, 5) is 0. The van der Waals surface area contributed by atoms with E-state index in [1.807, 2.05) is 24.3 Å². The van der Waals surface area contributed by atoms with E-state index in [2.05, 4.69) is 54.0 Å². The van der Waals surface area contributed by atoms with Crippen molar-refractivity contribution in [3.63, 3.8) is 0 Å². The van der Waals surface area contributed by atoms with Gasteiger partial charge in [0.15, 0.2) is 0 Å². The van der Waals surface area contributed by atoms with Crippen LogP contribution in [-0.2, 0) is 0 Å². The van der Waals surface area contributed by atoms with Crippen molar-refractivity contribution >= 4 is 15.9 Å². The van der Waals surface area contributed by atoms with Gasteiger partial charge in [-0.3, -0.25) is 0 Å². The number of aryl methyl sites for hydroxylation is 2. The predicted octanol–water partition coefficient (Wildman–Crippen LogP) is 6.43. The highest BCUT2D eigenvalue weighted by Gasteiger charge is 2.19. The Labute approximate surface area is 169 Å². The number of rotatable bonds is 5. The molecular weight excluding hydrogens is 404 g/mol. The first kappa shape index (κ1) is 19.3. The molecule has 140 valence electrons. The van der Waals surface area contributed by atoms with E-state index >= 15 is 0 Å². The second kappa shape index (κ2) is 8.05. The van der Waals surface area contributed by atoms with Crippen LogP contribution in [0, 0.1) is 13.8 Å². The van der Waals surface area contributed by atoms with Crippen LogP contribution >= 0.6 is 15.9 Å². The van der Waals surface area contributed by atoms with Gasteiger partial charge in [0.2, 0.25) is 0 Å². The largest absolute Gasteiger partial charge is 0.496 e. The molecule has 4 heteroatoms. The van der Waals surface area contributed by atoms with Crippen molar-refractivity contribution in [2.75, 3.05) is 21.3 Å². The highest BCUT2D eigenvalue weighted by atomic mass is 79.9. The van der Waals surface area contributed by atoms with Gasteiger partial charge in [0, 0.05) is 26.7 Å². The van der Waals surface area contributed by atoms with Gasteiger partial charge in [-0.2, -0.15) is 0 Å². The number of benzene rings is 3. The Morgan fingerprint density at radius 3 is 1.41 bits per heavy atom. The first-order chi connectivity index (χ1) is 13.0. The van der Waals surface area contributed by atoms with Gasteiger partial charge in [-0.25, -0.2) is 0 Å². The maximum atomic E-state index is 5.89. The Morgan fingerprint density at radius 2 is 1.04 bits per heavy atom. The van der Waals surface area contributed by atoms with Crippen LogP contribution in [0.15, 0.2) is 53.0 Å². The molecule has 0 aliphatic rings. The normalized spacial score (nSPS) is 10.6. The SMILES string of the molecule is COc1ccc(C)cc1-c1cc(Br)cc(-c2cc(C)ccc2OC)c1OC. The van der Waals surface area contributed by atoms with Crippen molar-refractivity contribution in [2.24, 2.45) is 0 Å². The minimum absolute atomic E-state index is 0.783. The molecule has 0 saturated carbocycles. The molecule has 0 N–H and O–H groups in total. The third-order valence-electron chi connectivity index (χ3n) is 4.55. The minimum atomic E-state index is 0.783. The standard InChI is InChI=1S/C23H23BrO3/c1-14-6-8-21(25-3)17(10-14)19-12-16(24)13-20(23(19)27-5)18-11-15(2)7-9-22(18)26-4/h6-13H,1-5H3. The van der Waals surface area contributed by atoms with Crippen LogP contribution in [0.3, 0.4) is 0 Å². The molecule has 0 amide bonds. The number of halogens is 1. The first-order valence-corrected chi connectivity index (χ1v) is 9.45. The van der Waals surface area contributed by atoms with Crippen molar-refractivity contribution in [3.05, 3.63) is 64.1 Å². The van der Waals surface area contributed by atoms with E-state index in [1.54, 1.807) is 21.3 Å². The lowest BCUT2D eigenvalue weighted by atomic mass is 9.94. The molecule has 0 aliphatic carbocycles. The monoisotopic (exact) mass is 426 g/mol. The molecule has 0 spiro atoms. The topological polar surface area (TPSA) is 27.7 Å². The molecule has 27 heavy (non-hydrogen) atoms. The summed E-state index contributed by atoms with van der Waals surface area (Å²) in [6.07, 6.45) is 0. The lowest BCUT2D eigenvalue weighted by molar-refractivity contribution is 0.408. The van der Waals surface area contributed by atoms with Crippen molar-refractivity contribution in [2.45, 2.75) is 13.8 Å². The number of methoxy groups -OCH3 is 3. The lowest BCUT2D eigenvalue weighted by Gasteiger charge is -2.19. The van der Waals surface area contributed by atoms with E-state index in [4.69, 9.17) is 14.2 Å². The fourth-order valence-electron chi connectivity index (χ4n) is 3.28. The summed E-state index contributed by atoms with van der Waals surface area (Å²) in [5.74, 6) is 2.39. The fraction of sp³-hybridized carbons (Fsp3) is 0.217. The van der Waals surface area contributed by atoms with Crippen molar-refractivity contribution < 1.29 is 14.2 Å². The molecule has 0 atom stereocenters. The highest BCUT2D eigenvalue weighted by Crippen LogP contribution is 2.46. The Morgan fingerprint density at radius 1 is 0.593 bits per heavy atom. The zero-order chi connectivity index (χ0) is 19.6. The highest BCUT2D eigenvalue weighted by molar-refractivity contribution is 9.10. The van der Waals surface area contributed by atoms with E-state index in [0.717, 1.165) is 55.1 Å². The Bertz CT molecular complexity index is 905. The second-order valence-corrected chi connectivity index (χ2v) is 7.36. The van der Waals surface area contributed by atoms with Gasteiger partial charge in [0.1, 0.15) is 17.2 Å². The molecule has 0 radical (unpaired) electrons. The first-order valence-electron chi connectivity index (χ1n) is 8.66. The van der Waals surface area contributed by atoms with E-state index in [0.29, 0.717) is 0 Å². The molecule has 0 saturated heterocycles. The molecule has 3 rings (SSSR count). The van der Waals surface area contributed by atoms with Gasteiger partial charge < -0.3 is 14.2 Å². The zero-order valence-electron chi connectivity index (χ0n) is 16.2. The molecule has 0 heterocycles. The Hall–Kier alpha value is -2.46. The summed E-state index contributed by atoms with van der Waals surface area (Å²) in [6.45, 7) is 4.13. The van der Waals surface area contributed by atoms with Gasteiger partial charge in [0.25, 0.3) is 0 Å². The van der Waals surface area contributed by atoms with E-state index in [9.17, 15) is 0 Å². The number of hydrogen-bond acceptors (Lipinski definition) is 3. The molecule has 0 aromatic heterocycles. The second-order valence-electron chi connectivity index (χ2n) is 6.44. The van der Waals surface area contributed by atoms with Gasteiger partial charge in [-0.05, 0) is 50.2 Å². The van der Waals surface area contributed by atoms with Crippen molar-refractivity contribution in [3.8, 4) is 39.5 Å². The lowest BCUT2D eigenvalue weighted by Crippen LogP contribution is -1.97. The summed E-state index contributed by atoms with van der Waals surface area (Å²) in [7, 11) is 5.06. The third-order valence-corrected chi connectivity index (χ3v) is 5.01. The van der Waals surface area contributed by atoms with Crippen LogP contribution in [0.5, 0.6) is 17.2 Å². The van der Waals surface area contributed by atoms with Crippen LogP contribution in [0.2, 0.25) is 0 Å². The van der Waals surface area contributed by atoms with Crippen LogP contribution in [-0.4, -0.2) is 21.3 Å². The molecule has 0 unspecified atom stereocenters. The molecule has 3 aromatic rings. The van der Waals surface area contributed by atoms with Crippen LogP contribution in [0.25, 0.3) is 22.3 Å². The van der Waals surface area contributed by atoms with Crippen molar-refractivity contribution in [1.29, 1.82) is 0 Å². The molecular formula is C23H23BrO3. The average Bonchev–Trinajstić information content (AvgIpc) is 2.67. The van der Waals surface area contributed by atoms with Crippen molar-refractivity contribution in [1.82, 2.24) is 0 Å². The molecule has 0 fully saturated rings. The molecule has 3 aromatic carbocycles. The quantitative estimate of drug-likeness (QED) is 0.470. The van der Waals surface area contributed by atoms with E-state index < -0.39 is 0 Å². The van der Waals surface area contributed by atoms with Crippen LogP contribution in [0.1, 0.15) is 11.1 Å². The summed E-state index contributed by atoms with van der Waals surface area (Å²) in [5, 5.41) is 0. The van der Waals surface area contributed by atoms with Gasteiger partial charge in [-0.15, -0.1) is 0 Å². The number of hydrogen-bond donors (Lipinski definition) is 0. The van der Waals surface area contributed by atoms with Crippen LogP contribution < -0.4 is 14.2 Å². The summed E-state index contributed by atoms with van der Waals surface area (Å²) < 4.78 is 18.1. The molecule has 0 bridgehead atoms. The molecule has 3 nitrogen and oxygen atoms in total. The summed E-state index contributed by atoms with van der Waals surface area (Å²) in [6, 6.07) is 16.4. The Balaban J connectivity index is 2.35. The smallest absolute Gasteiger partial charge is 0.134 e. The van der Waals surface area contributed by atoms with Gasteiger partial charge in [0.05, 0.1) is 21.3 Å². The summed E-state index contributed by atoms with van der Waals surface area (Å²) in [5.41, 5.74) is 6.22. The third kappa shape index (κ3) is 3.81. The Kier molecular flexibility index (Phi) is 5.76. The average molecular weight is 427 g/mol.